The number of benzene rings is 1. The average Bonchev–Trinajstić information content (AvgIpc) is 2.78. The SMILES string of the molecule is CN(C)c1ccc(CNS(=O)(=O)c2ncn(C)c2Cl)cc1. The van der Waals surface area contributed by atoms with Gasteiger partial charge in [0.1, 0.15) is 5.15 Å². The van der Waals surface area contributed by atoms with Gasteiger partial charge in [-0.2, -0.15) is 0 Å². The maximum absolute atomic E-state index is 12.1. The van der Waals surface area contributed by atoms with Crippen LogP contribution < -0.4 is 9.62 Å². The lowest BCUT2D eigenvalue weighted by Crippen LogP contribution is -2.24. The Kier molecular flexibility index (Phi) is 4.55. The van der Waals surface area contributed by atoms with E-state index in [1.807, 2.05) is 43.3 Å². The number of nitrogens with zero attached hydrogens (tertiary/aromatic N) is 3. The summed E-state index contributed by atoms with van der Waals surface area (Å²) in [5, 5.41) is -0.0676. The predicted molar refractivity (Wildman–Crippen MR) is 83.0 cm³/mol. The third-order valence-corrected chi connectivity index (χ3v) is 4.90. The van der Waals surface area contributed by atoms with Crippen molar-refractivity contribution in [1.82, 2.24) is 14.3 Å². The summed E-state index contributed by atoms with van der Waals surface area (Å²) >= 11 is 5.91. The summed E-state index contributed by atoms with van der Waals surface area (Å²) in [7, 11) is 1.80. The standard InChI is InChI=1S/C13H17ClN4O2S/c1-17(2)11-6-4-10(5-7-11)8-16-21(19,20)13-12(14)18(3)9-15-13/h4-7,9,16H,8H2,1-3H3. The molecule has 0 spiro atoms. The molecule has 0 saturated heterocycles. The molecule has 2 aromatic rings. The van der Waals surface area contributed by atoms with E-state index in [-0.39, 0.29) is 16.7 Å². The first-order valence-corrected chi connectivity index (χ1v) is 8.10. The largest absolute Gasteiger partial charge is 0.378 e. The minimum atomic E-state index is -3.72. The molecule has 0 fully saturated rings. The van der Waals surface area contributed by atoms with E-state index in [0.717, 1.165) is 11.3 Å². The third kappa shape index (κ3) is 3.55. The Morgan fingerprint density at radius 2 is 1.90 bits per heavy atom. The minimum Gasteiger partial charge on any atom is -0.378 e. The molecule has 0 aliphatic rings. The van der Waals surface area contributed by atoms with Crippen LogP contribution in [0.25, 0.3) is 0 Å². The highest BCUT2D eigenvalue weighted by Gasteiger charge is 2.21. The molecule has 21 heavy (non-hydrogen) atoms. The van der Waals surface area contributed by atoms with Crippen molar-refractivity contribution in [2.24, 2.45) is 7.05 Å². The summed E-state index contributed by atoms with van der Waals surface area (Å²) in [4.78, 5) is 5.78. The van der Waals surface area contributed by atoms with Crippen molar-refractivity contribution < 1.29 is 8.42 Å². The Bertz CT molecular complexity index is 723. The molecular formula is C13H17ClN4O2S. The number of imidazole rings is 1. The maximum atomic E-state index is 12.1. The summed E-state index contributed by atoms with van der Waals surface area (Å²) in [6, 6.07) is 7.60. The van der Waals surface area contributed by atoms with Crippen LogP contribution in [-0.2, 0) is 23.6 Å². The molecule has 0 unspecified atom stereocenters. The Hall–Kier alpha value is -1.57. The van der Waals surface area contributed by atoms with E-state index in [4.69, 9.17) is 11.6 Å². The molecular weight excluding hydrogens is 312 g/mol. The predicted octanol–water partition coefficient (Wildman–Crippen LogP) is 1.62. The van der Waals surface area contributed by atoms with Crippen LogP contribution in [0.3, 0.4) is 0 Å². The van der Waals surface area contributed by atoms with Gasteiger partial charge in [0.25, 0.3) is 10.0 Å². The number of rotatable bonds is 5. The van der Waals surface area contributed by atoms with Gasteiger partial charge in [-0.15, -0.1) is 0 Å². The molecule has 1 heterocycles. The van der Waals surface area contributed by atoms with Crippen molar-refractivity contribution in [2.75, 3.05) is 19.0 Å². The highest BCUT2D eigenvalue weighted by molar-refractivity contribution is 7.89. The third-order valence-electron chi connectivity index (χ3n) is 3.01. The smallest absolute Gasteiger partial charge is 0.261 e. The Balaban J connectivity index is 2.10. The molecule has 0 radical (unpaired) electrons. The van der Waals surface area contributed by atoms with Crippen LogP contribution in [0, 0.1) is 0 Å². The van der Waals surface area contributed by atoms with E-state index in [9.17, 15) is 8.42 Å². The fourth-order valence-corrected chi connectivity index (χ4v) is 3.17. The molecule has 8 heteroatoms. The molecule has 0 aliphatic carbocycles. The summed E-state index contributed by atoms with van der Waals surface area (Å²) in [5.74, 6) is 0. The van der Waals surface area contributed by atoms with E-state index < -0.39 is 10.0 Å². The van der Waals surface area contributed by atoms with Crippen LogP contribution in [0.15, 0.2) is 35.6 Å². The van der Waals surface area contributed by atoms with Crippen molar-refractivity contribution in [3.63, 3.8) is 0 Å². The lowest BCUT2D eigenvalue weighted by atomic mass is 10.2. The molecule has 0 bridgehead atoms. The second kappa shape index (κ2) is 6.05. The lowest BCUT2D eigenvalue weighted by Gasteiger charge is -2.12. The van der Waals surface area contributed by atoms with Gasteiger partial charge < -0.3 is 9.47 Å². The molecule has 6 nitrogen and oxygen atoms in total. The summed E-state index contributed by atoms with van der Waals surface area (Å²) in [6.07, 6.45) is 1.36. The quantitative estimate of drug-likeness (QED) is 0.905. The number of anilines is 1. The lowest BCUT2D eigenvalue weighted by molar-refractivity contribution is 0.578. The Morgan fingerprint density at radius 1 is 1.29 bits per heavy atom. The minimum absolute atomic E-state index is 0.0884. The maximum Gasteiger partial charge on any atom is 0.261 e. The average molecular weight is 329 g/mol. The van der Waals surface area contributed by atoms with E-state index in [1.165, 1.54) is 10.9 Å². The van der Waals surface area contributed by atoms with Gasteiger partial charge in [-0.3, -0.25) is 0 Å². The molecule has 1 aromatic heterocycles. The van der Waals surface area contributed by atoms with Gasteiger partial charge in [-0.25, -0.2) is 18.1 Å². The van der Waals surface area contributed by atoms with Gasteiger partial charge in [0.2, 0.25) is 5.03 Å². The number of aromatic nitrogens is 2. The second-order valence-electron chi connectivity index (χ2n) is 4.84. The highest BCUT2D eigenvalue weighted by Crippen LogP contribution is 2.19. The molecule has 0 amide bonds. The van der Waals surface area contributed by atoms with Crippen molar-refractivity contribution >= 4 is 27.3 Å². The van der Waals surface area contributed by atoms with Crippen LogP contribution >= 0.6 is 11.6 Å². The molecule has 0 aliphatic heterocycles. The van der Waals surface area contributed by atoms with Gasteiger partial charge in [0.05, 0.1) is 6.33 Å². The van der Waals surface area contributed by atoms with Gasteiger partial charge >= 0.3 is 0 Å². The number of hydrogen-bond donors (Lipinski definition) is 1. The summed E-state index contributed by atoms with van der Waals surface area (Å²) in [5.41, 5.74) is 1.91. The normalized spacial score (nSPS) is 11.6. The number of sulfonamides is 1. The number of nitrogens with one attached hydrogen (secondary N) is 1. The summed E-state index contributed by atoms with van der Waals surface area (Å²) < 4.78 is 28.2. The highest BCUT2D eigenvalue weighted by atomic mass is 35.5. The molecule has 114 valence electrons. The molecule has 0 atom stereocenters. The molecule has 1 aromatic carbocycles. The second-order valence-corrected chi connectivity index (χ2v) is 6.88. The number of aryl methyl sites for hydroxylation is 1. The van der Waals surface area contributed by atoms with Gasteiger partial charge in [0, 0.05) is 33.4 Å². The zero-order valence-electron chi connectivity index (χ0n) is 12.0. The first kappa shape index (κ1) is 15.8. The Labute approximate surface area is 129 Å². The Morgan fingerprint density at radius 3 is 2.38 bits per heavy atom. The molecule has 2 rings (SSSR count). The van der Waals surface area contributed by atoms with E-state index >= 15 is 0 Å². The van der Waals surface area contributed by atoms with Gasteiger partial charge in [-0.05, 0) is 17.7 Å². The topological polar surface area (TPSA) is 67.2 Å². The fourth-order valence-electron chi connectivity index (χ4n) is 1.73. The van der Waals surface area contributed by atoms with Crippen molar-refractivity contribution in [3.05, 3.63) is 41.3 Å². The zero-order valence-corrected chi connectivity index (χ0v) is 13.6. The summed E-state index contributed by atoms with van der Waals surface area (Å²) in [6.45, 7) is 0.183. The van der Waals surface area contributed by atoms with Crippen molar-refractivity contribution in [2.45, 2.75) is 11.6 Å². The van der Waals surface area contributed by atoms with Crippen LogP contribution in [0.5, 0.6) is 0 Å². The van der Waals surface area contributed by atoms with Crippen LogP contribution in [0.1, 0.15) is 5.56 Å². The monoisotopic (exact) mass is 328 g/mol. The fraction of sp³-hybridized carbons (Fsp3) is 0.308. The van der Waals surface area contributed by atoms with E-state index in [1.54, 1.807) is 7.05 Å². The number of halogens is 1. The first-order chi connectivity index (χ1) is 9.81. The van der Waals surface area contributed by atoms with Crippen LogP contribution in [0.4, 0.5) is 5.69 Å². The first-order valence-electron chi connectivity index (χ1n) is 6.24. The van der Waals surface area contributed by atoms with E-state index in [0.29, 0.717) is 0 Å². The van der Waals surface area contributed by atoms with Crippen molar-refractivity contribution in [1.29, 1.82) is 0 Å². The van der Waals surface area contributed by atoms with Crippen molar-refractivity contribution in [3.8, 4) is 0 Å². The van der Waals surface area contributed by atoms with Gasteiger partial charge in [0.15, 0.2) is 0 Å². The van der Waals surface area contributed by atoms with Crippen LogP contribution in [-0.4, -0.2) is 32.1 Å². The molecule has 1 N–H and O–H groups in total. The molecule has 0 saturated carbocycles. The van der Waals surface area contributed by atoms with Gasteiger partial charge in [-0.1, -0.05) is 23.7 Å². The zero-order chi connectivity index (χ0) is 15.6. The van der Waals surface area contributed by atoms with Crippen LogP contribution in [0.2, 0.25) is 5.15 Å². The number of hydrogen-bond acceptors (Lipinski definition) is 4. The van der Waals surface area contributed by atoms with E-state index in [2.05, 4.69) is 9.71 Å².